The first-order valence-electron chi connectivity index (χ1n) is 11.7. The van der Waals surface area contributed by atoms with Crippen LogP contribution in [-0.2, 0) is 13.6 Å². The van der Waals surface area contributed by atoms with Gasteiger partial charge in [0, 0.05) is 32.2 Å². The van der Waals surface area contributed by atoms with E-state index in [9.17, 15) is 5.11 Å². The Kier molecular flexibility index (Phi) is 8.89. The number of hydrogen-bond acceptors (Lipinski definition) is 4. The van der Waals surface area contributed by atoms with E-state index in [1.165, 1.54) is 0 Å². The third kappa shape index (κ3) is 6.68. The number of rotatable bonds is 12. The van der Waals surface area contributed by atoms with Crippen LogP contribution in [0.25, 0.3) is 11.3 Å². The number of aliphatic hydroxyl groups excluding tert-OH is 1. The maximum Gasteiger partial charge on any atom is 0.222 e. The lowest BCUT2D eigenvalue weighted by Gasteiger charge is -2.27. The highest BCUT2D eigenvalue weighted by Crippen LogP contribution is 2.34. The summed E-state index contributed by atoms with van der Waals surface area (Å²) in [7, 11) is 1.93. The Hall–Kier alpha value is -2.63. The fourth-order valence-electron chi connectivity index (χ4n) is 4.02. The summed E-state index contributed by atoms with van der Waals surface area (Å²) in [5, 5.41) is 15.5. The number of aromatic nitrogens is 2. The van der Waals surface area contributed by atoms with Crippen molar-refractivity contribution >= 4 is 0 Å². The van der Waals surface area contributed by atoms with Crippen LogP contribution in [0.15, 0.2) is 60.7 Å². The van der Waals surface area contributed by atoms with E-state index in [0.29, 0.717) is 19.0 Å². The molecule has 1 aromatic heterocycles. The Morgan fingerprint density at radius 3 is 2.28 bits per heavy atom. The lowest BCUT2D eigenvalue weighted by molar-refractivity contribution is 0.0929. The molecular weight excluding hydrogens is 398 g/mol. The van der Waals surface area contributed by atoms with Crippen LogP contribution in [-0.4, -0.2) is 39.0 Å². The second-order valence-electron chi connectivity index (χ2n) is 8.92. The van der Waals surface area contributed by atoms with Gasteiger partial charge >= 0.3 is 0 Å². The molecule has 0 aliphatic heterocycles. The number of benzene rings is 2. The minimum atomic E-state index is -0.330. The zero-order valence-corrected chi connectivity index (χ0v) is 19.9. The minimum Gasteiger partial charge on any atom is -0.439 e. The topological polar surface area (TPSA) is 50.5 Å². The number of unbranched alkanes of at least 4 members (excludes halogenated alkanes) is 1. The Balaban J connectivity index is 1.96. The van der Waals surface area contributed by atoms with Crippen molar-refractivity contribution in [2.75, 3.05) is 13.1 Å². The van der Waals surface area contributed by atoms with Crippen molar-refractivity contribution in [3.8, 4) is 22.9 Å². The van der Waals surface area contributed by atoms with E-state index in [2.05, 4.69) is 37.8 Å². The first-order valence-corrected chi connectivity index (χ1v) is 11.7. The first-order chi connectivity index (χ1) is 15.5. The molecule has 0 aliphatic carbocycles. The smallest absolute Gasteiger partial charge is 0.222 e. The number of ether oxygens (including phenoxy) is 1. The van der Waals surface area contributed by atoms with E-state index in [4.69, 9.17) is 9.84 Å². The summed E-state index contributed by atoms with van der Waals surface area (Å²) in [5.41, 5.74) is 3.04. The maximum absolute atomic E-state index is 10.6. The molecule has 5 heteroatoms. The molecule has 0 spiro atoms. The molecule has 0 bridgehead atoms. The van der Waals surface area contributed by atoms with Gasteiger partial charge < -0.3 is 9.84 Å². The molecule has 172 valence electrons. The largest absolute Gasteiger partial charge is 0.439 e. The molecule has 0 unspecified atom stereocenters. The van der Waals surface area contributed by atoms with Gasteiger partial charge in [0.2, 0.25) is 5.88 Å². The molecule has 0 saturated heterocycles. The lowest BCUT2D eigenvalue weighted by Crippen LogP contribution is -2.35. The molecule has 3 rings (SSSR count). The molecular formula is C27H37N3O2. The summed E-state index contributed by atoms with van der Waals surface area (Å²) in [6.45, 7) is 8.81. The average Bonchev–Trinajstić information content (AvgIpc) is 3.08. The zero-order chi connectivity index (χ0) is 22.9. The quantitative estimate of drug-likeness (QED) is 0.385. The maximum atomic E-state index is 10.6. The first kappa shape index (κ1) is 24.0. The molecule has 5 nitrogen and oxygen atoms in total. The van der Waals surface area contributed by atoms with E-state index in [1.54, 1.807) is 0 Å². The summed E-state index contributed by atoms with van der Waals surface area (Å²) >= 11 is 0. The molecule has 0 radical (unpaired) electrons. The van der Waals surface area contributed by atoms with Gasteiger partial charge in [-0.15, -0.1) is 0 Å². The Labute approximate surface area is 192 Å². The van der Waals surface area contributed by atoms with Crippen molar-refractivity contribution in [3.63, 3.8) is 0 Å². The second kappa shape index (κ2) is 11.8. The summed E-state index contributed by atoms with van der Waals surface area (Å²) in [6, 6.07) is 20.1. The zero-order valence-electron chi connectivity index (χ0n) is 19.9. The van der Waals surface area contributed by atoms with Crippen LogP contribution in [0.3, 0.4) is 0 Å². The van der Waals surface area contributed by atoms with Crippen molar-refractivity contribution in [1.82, 2.24) is 14.7 Å². The number of hydrogen-bond donors (Lipinski definition) is 1. The van der Waals surface area contributed by atoms with E-state index in [0.717, 1.165) is 54.3 Å². The van der Waals surface area contributed by atoms with Crippen molar-refractivity contribution in [2.24, 2.45) is 13.0 Å². The van der Waals surface area contributed by atoms with Gasteiger partial charge in [-0.25, -0.2) is 4.68 Å². The summed E-state index contributed by atoms with van der Waals surface area (Å²) < 4.78 is 8.15. The molecule has 32 heavy (non-hydrogen) atoms. The molecule has 1 N–H and O–H groups in total. The highest BCUT2D eigenvalue weighted by Gasteiger charge is 2.23. The van der Waals surface area contributed by atoms with Crippen LogP contribution < -0.4 is 4.74 Å². The fourth-order valence-corrected chi connectivity index (χ4v) is 4.02. The second-order valence-corrected chi connectivity index (χ2v) is 8.92. The van der Waals surface area contributed by atoms with Crippen LogP contribution in [0.4, 0.5) is 0 Å². The molecule has 1 atom stereocenters. The summed E-state index contributed by atoms with van der Waals surface area (Å²) in [6.07, 6.45) is 2.64. The number of para-hydroxylation sites is 1. The molecule has 2 aromatic carbocycles. The van der Waals surface area contributed by atoms with Gasteiger partial charge in [0.05, 0.1) is 11.7 Å². The van der Waals surface area contributed by atoms with Crippen LogP contribution in [0, 0.1) is 5.92 Å². The monoisotopic (exact) mass is 435 g/mol. The van der Waals surface area contributed by atoms with Gasteiger partial charge in [0.15, 0.2) is 0 Å². The molecule has 0 saturated carbocycles. The van der Waals surface area contributed by atoms with Crippen LogP contribution in [0.2, 0.25) is 0 Å². The van der Waals surface area contributed by atoms with Crippen molar-refractivity contribution < 1.29 is 9.84 Å². The van der Waals surface area contributed by atoms with E-state index in [-0.39, 0.29) is 6.10 Å². The van der Waals surface area contributed by atoms with Gasteiger partial charge in [-0.1, -0.05) is 82.1 Å². The fraction of sp³-hybridized carbons (Fsp3) is 0.444. The Morgan fingerprint density at radius 2 is 1.66 bits per heavy atom. The molecule has 0 fully saturated rings. The van der Waals surface area contributed by atoms with Gasteiger partial charge in [-0.2, -0.15) is 5.10 Å². The predicted molar refractivity (Wildman–Crippen MR) is 131 cm³/mol. The van der Waals surface area contributed by atoms with E-state index in [1.807, 2.05) is 60.3 Å². The van der Waals surface area contributed by atoms with Gasteiger partial charge in [-0.3, -0.25) is 4.90 Å². The number of nitrogens with zero attached hydrogens (tertiary/aromatic N) is 3. The lowest BCUT2D eigenvalue weighted by atomic mass is 10.1. The van der Waals surface area contributed by atoms with Crippen molar-refractivity contribution in [2.45, 2.75) is 52.7 Å². The Bertz CT molecular complexity index is 938. The number of aliphatic hydroxyl groups is 1. The Morgan fingerprint density at radius 1 is 1.00 bits per heavy atom. The molecule has 0 amide bonds. The third-order valence-corrected chi connectivity index (χ3v) is 5.46. The van der Waals surface area contributed by atoms with Crippen molar-refractivity contribution in [3.05, 3.63) is 66.2 Å². The minimum absolute atomic E-state index is 0.330. The SMILES string of the molecule is CCCC[C@H](O)CN(Cc1c(-c2ccccc2)nn(C)c1Oc1ccccc1)CC(C)C. The third-order valence-electron chi connectivity index (χ3n) is 5.46. The van der Waals surface area contributed by atoms with Crippen LogP contribution >= 0.6 is 0 Å². The highest BCUT2D eigenvalue weighted by atomic mass is 16.5. The van der Waals surface area contributed by atoms with E-state index >= 15 is 0 Å². The predicted octanol–water partition coefficient (Wildman–Crippen LogP) is 5.89. The highest BCUT2D eigenvalue weighted by molar-refractivity contribution is 5.65. The van der Waals surface area contributed by atoms with Gasteiger partial charge in [0.1, 0.15) is 11.4 Å². The normalized spacial score (nSPS) is 12.5. The average molecular weight is 436 g/mol. The molecule has 1 heterocycles. The van der Waals surface area contributed by atoms with Crippen LogP contribution in [0.5, 0.6) is 11.6 Å². The van der Waals surface area contributed by atoms with Gasteiger partial charge in [0.25, 0.3) is 0 Å². The summed E-state index contributed by atoms with van der Waals surface area (Å²) in [5.74, 6) is 2.02. The van der Waals surface area contributed by atoms with Crippen molar-refractivity contribution in [1.29, 1.82) is 0 Å². The molecule has 3 aromatic rings. The van der Waals surface area contributed by atoms with Crippen LogP contribution in [0.1, 0.15) is 45.6 Å². The summed E-state index contributed by atoms with van der Waals surface area (Å²) in [4.78, 5) is 2.34. The van der Waals surface area contributed by atoms with Gasteiger partial charge in [-0.05, 0) is 24.5 Å². The molecule has 0 aliphatic rings. The number of aryl methyl sites for hydroxylation is 1. The van der Waals surface area contributed by atoms with E-state index < -0.39 is 0 Å². The standard InChI is InChI=1S/C27H37N3O2/c1-5-6-15-23(31)19-30(18-21(2)3)20-25-26(22-13-9-7-10-14-22)28-29(4)27(25)32-24-16-11-8-12-17-24/h7-14,16-17,21,23,31H,5-6,15,18-20H2,1-4H3/t23-/m0/s1.